The molecule has 2 heterocycles. The maximum Gasteiger partial charge on any atom is 0.410 e. The molecule has 2 aromatic carbocycles. The van der Waals surface area contributed by atoms with Gasteiger partial charge in [0.25, 0.3) is 0 Å². The van der Waals surface area contributed by atoms with Gasteiger partial charge in [-0.25, -0.2) is 9.59 Å². The number of aldehydes is 1. The molecule has 0 radical (unpaired) electrons. The van der Waals surface area contributed by atoms with Gasteiger partial charge in [-0.15, -0.1) is 0 Å². The summed E-state index contributed by atoms with van der Waals surface area (Å²) in [6, 6.07) is 13.8. The molecule has 0 atom stereocenters. The second kappa shape index (κ2) is 13.3. The molecule has 10 heteroatoms. The molecular weight excluding hydrogens is 592 g/mol. The molecule has 2 aliphatic rings. The molecule has 0 spiro atoms. The van der Waals surface area contributed by atoms with Gasteiger partial charge in [0.05, 0.1) is 21.7 Å². The maximum atomic E-state index is 13.1. The van der Waals surface area contributed by atoms with E-state index in [1.807, 2.05) is 65.6 Å². The van der Waals surface area contributed by atoms with E-state index in [1.165, 1.54) is 0 Å². The van der Waals surface area contributed by atoms with Gasteiger partial charge in [0.15, 0.2) is 0 Å². The Balaban J connectivity index is 1.68. The van der Waals surface area contributed by atoms with Gasteiger partial charge < -0.3 is 29.0 Å². The molecular formula is C35H45ClN4O5. The van der Waals surface area contributed by atoms with Crippen molar-refractivity contribution in [3.05, 3.63) is 58.1 Å². The van der Waals surface area contributed by atoms with Crippen LogP contribution in [0.2, 0.25) is 5.02 Å². The van der Waals surface area contributed by atoms with E-state index < -0.39 is 16.6 Å². The lowest BCUT2D eigenvalue weighted by molar-refractivity contribution is -0.114. The Hall–Kier alpha value is -3.77. The summed E-state index contributed by atoms with van der Waals surface area (Å²) in [4.78, 5) is 44.0. The minimum absolute atomic E-state index is 0.188. The van der Waals surface area contributed by atoms with Gasteiger partial charge in [-0.05, 0) is 102 Å². The van der Waals surface area contributed by atoms with Gasteiger partial charge >= 0.3 is 12.2 Å². The van der Waals surface area contributed by atoms with Crippen molar-refractivity contribution in [3.8, 4) is 6.07 Å². The lowest BCUT2D eigenvalue weighted by atomic mass is 9.72. The average molecular weight is 637 g/mol. The molecule has 0 saturated carbocycles. The minimum atomic E-state index is -0.860. The number of likely N-dealkylation sites (tertiary alicyclic amines) is 2. The lowest BCUT2D eigenvalue weighted by Crippen LogP contribution is -2.48. The third-order valence-electron chi connectivity index (χ3n) is 8.53. The standard InChI is InChI=1S/C35H45ClN4O5/c1-33(2,3)44-31(42)39-17-13-24(14-18-39)25-11-12-30(38(7)29-10-8-9-28(36)26(29)22-37)27(21-25)35(23-41)15-19-40(20-16-35)32(43)45-34(4,5)6/h8-12,21,23-24H,13-20H2,1-7H3. The van der Waals surface area contributed by atoms with E-state index in [0.717, 1.165) is 35.9 Å². The van der Waals surface area contributed by atoms with Crippen molar-refractivity contribution in [2.75, 3.05) is 38.1 Å². The molecule has 0 unspecified atom stereocenters. The smallest absolute Gasteiger partial charge is 0.410 e. The Kier molecular flexibility index (Phi) is 10.1. The normalized spacial score (nSPS) is 17.3. The highest BCUT2D eigenvalue weighted by Crippen LogP contribution is 2.44. The number of piperidine rings is 2. The summed E-state index contributed by atoms with van der Waals surface area (Å²) in [6.45, 7) is 13.0. The fourth-order valence-electron chi connectivity index (χ4n) is 6.12. The number of nitrogens with zero attached hydrogens (tertiary/aromatic N) is 4. The van der Waals surface area contributed by atoms with Gasteiger partial charge in [0, 0.05) is 38.9 Å². The van der Waals surface area contributed by atoms with E-state index in [4.69, 9.17) is 21.1 Å². The predicted octanol–water partition coefficient (Wildman–Crippen LogP) is 7.56. The Labute approximate surface area is 272 Å². The van der Waals surface area contributed by atoms with Crippen LogP contribution in [0.1, 0.15) is 89.8 Å². The topological polar surface area (TPSA) is 103 Å². The molecule has 2 aliphatic heterocycles. The maximum absolute atomic E-state index is 13.1. The Morgan fingerprint density at radius 1 is 0.933 bits per heavy atom. The second-order valence-electron chi connectivity index (χ2n) is 14.1. The lowest BCUT2D eigenvalue weighted by Gasteiger charge is -2.41. The first-order chi connectivity index (χ1) is 21.1. The minimum Gasteiger partial charge on any atom is -0.444 e. The van der Waals surface area contributed by atoms with Crippen molar-refractivity contribution in [3.63, 3.8) is 0 Å². The molecule has 0 N–H and O–H groups in total. The van der Waals surface area contributed by atoms with Crippen LogP contribution in [-0.4, -0.2) is 72.7 Å². The van der Waals surface area contributed by atoms with Crippen LogP contribution in [0.4, 0.5) is 21.0 Å². The number of hydrogen-bond donors (Lipinski definition) is 0. The van der Waals surface area contributed by atoms with Crippen LogP contribution in [0.3, 0.4) is 0 Å². The Bertz CT molecular complexity index is 1460. The van der Waals surface area contributed by atoms with Crippen molar-refractivity contribution >= 4 is 41.4 Å². The summed E-state index contributed by atoms with van der Waals surface area (Å²) < 4.78 is 11.2. The number of hydrogen-bond acceptors (Lipinski definition) is 7. The molecule has 0 aliphatic carbocycles. The molecule has 2 saturated heterocycles. The zero-order chi connectivity index (χ0) is 33.2. The summed E-state index contributed by atoms with van der Waals surface area (Å²) in [6.07, 6.45) is 2.72. The highest BCUT2D eigenvalue weighted by Gasteiger charge is 2.41. The monoisotopic (exact) mass is 636 g/mol. The molecule has 4 rings (SSSR count). The summed E-state index contributed by atoms with van der Waals surface area (Å²) in [5.74, 6) is 0.188. The number of carbonyl (C=O) groups excluding carboxylic acids is 3. The zero-order valence-corrected chi connectivity index (χ0v) is 28.2. The van der Waals surface area contributed by atoms with Crippen LogP contribution in [-0.2, 0) is 19.7 Å². The zero-order valence-electron chi connectivity index (χ0n) is 27.5. The summed E-state index contributed by atoms with van der Waals surface area (Å²) in [5, 5.41) is 10.3. The first kappa shape index (κ1) is 34.1. The van der Waals surface area contributed by atoms with E-state index in [2.05, 4.69) is 18.2 Å². The first-order valence-corrected chi connectivity index (χ1v) is 15.9. The number of ether oxygens (including phenoxy) is 2. The van der Waals surface area contributed by atoms with Crippen molar-refractivity contribution in [2.45, 2.75) is 89.8 Å². The Morgan fingerprint density at radius 2 is 1.49 bits per heavy atom. The fourth-order valence-corrected chi connectivity index (χ4v) is 6.33. The van der Waals surface area contributed by atoms with E-state index >= 15 is 0 Å². The third-order valence-corrected chi connectivity index (χ3v) is 8.85. The van der Waals surface area contributed by atoms with Gasteiger partial charge in [-0.3, -0.25) is 0 Å². The van der Waals surface area contributed by atoms with E-state index in [1.54, 1.807) is 21.9 Å². The predicted molar refractivity (Wildman–Crippen MR) is 175 cm³/mol. The molecule has 0 aromatic heterocycles. The molecule has 0 bridgehead atoms. The molecule has 2 amide bonds. The van der Waals surface area contributed by atoms with Gasteiger partial charge in [-0.1, -0.05) is 29.8 Å². The van der Waals surface area contributed by atoms with Crippen molar-refractivity contribution < 1.29 is 23.9 Å². The van der Waals surface area contributed by atoms with E-state index in [-0.39, 0.29) is 18.1 Å². The third kappa shape index (κ3) is 7.91. The number of carbonyl (C=O) groups is 3. The van der Waals surface area contributed by atoms with Crippen LogP contribution < -0.4 is 4.90 Å². The fraction of sp³-hybridized carbons (Fsp3) is 0.543. The van der Waals surface area contributed by atoms with Gasteiger partial charge in [0.2, 0.25) is 0 Å². The van der Waals surface area contributed by atoms with E-state index in [0.29, 0.717) is 55.3 Å². The van der Waals surface area contributed by atoms with Crippen LogP contribution in [0.25, 0.3) is 0 Å². The number of rotatable bonds is 5. The molecule has 2 fully saturated rings. The summed E-state index contributed by atoms with van der Waals surface area (Å²) >= 11 is 6.40. The van der Waals surface area contributed by atoms with Crippen molar-refractivity contribution in [2.24, 2.45) is 0 Å². The first-order valence-electron chi connectivity index (χ1n) is 15.6. The van der Waals surface area contributed by atoms with Crippen LogP contribution in [0.5, 0.6) is 0 Å². The number of benzene rings is 2. The summed E-state index contributed by atoms with van der Waals surface area (Å²) in [7, 11) is 1.87. The van der Waals surface area contributed by atoms with Gasteiger partial charge in [0.1, 0.15) is 23.6 Å². The molecule has 9 nitrogen and oxygen atoms in total. The highest BCUT2D eigenvalue weighted by atomic mass is 35.5. The van der Waals surface area contributed by atoms with Crippen LogP contribution >= 0.6 is 11.6 Å². The number of anilines is 2. The number of amides is 2. The van der Waals surface area contributed by atoms with Crippen LogP contribution in [0, 0.1) is 11.3 Å². The number of nitriles is 1. The second-order valence-corrected chi connectivity index (χ2v) is 14.5. The average Bonchev–Trinajstić information content (AvgIpc) is 2.98. The molecule has 45 heavy (non-hydrogen) atoms. The SMILES string of the molecule is CN(c1ccc(C2CCN(C(=O)OC(C)(C)C)CC2)cc1C1(C=O)CCN(C(=O)OC(C)(C)C)CC1)c1cccc(Cl)c1C#N. The number of halogens is 1. The van der Waals surface area contributed by atoms with E-state index in [9.17, 15) is 19.6 Å². The molecule has 2 aromatic rings. The largest absolute Gasteiger partial charge is 0.444 e. The van der Waals surface area contributed by atoms with Crippen LogP contribution in [0.15, 0.2) is 36.4 Å². The highest BCUT2D eigenvalue weighted by molar-refractivity contribution is 6.32. The Morgan fingerprint density at radius 3 is 2.00 bits per heavy atom. The van der Waals surface area contributed by atoms with Gasteiger partial charge in [-0.2, -0.15) is 5.26 Å². The van der Waals surface area contributed by atoms with Crippen molar-refractivity contribution in [1.29, 1.82) is 5.26 Å². The quantitative estimate of drug-likeness (QED) is 0.312. The van der Waals surface area contributed by atoms with Crippen molar-refractivity contribution in [1.82, 2.24) is 9.80 Å². The summed E-state index contributed by atoms with van der Waals surface area (Å²) in [5.41, 5.74) is 1.69. The molecule has 242 valence electrons.